The number of benzene rings is 1. The van der Waals surface area contributed by atoms with Crippen molar-refractivity contribution in [1.29, 1.82) is 0 Å². The second-order valence-corrected chi connectivity index (χ2v) is 5.35. The molecule has 1 fully saturated rings. The molecule has 1 aromatic rings. The Hall–Kier alpha value is -1.02. The Labute approximate surface area is 111 Å². The van der Waals surface area contributed by atoms with Crippen molar-refractivity contribution in [3.8, 4) is 5.75 Å². The van der Waals surface area contributed by atoms with Crippen LogP contribution in [0.4, 0.5) is 0 Å². The molecule has 100 valence electrons. The zero-order valence-corrected chi connectivity index (χ0v) is 11.6. The smallest absolute Gasteiger partial charge is 0.119 e. The average molecular weight is 247 g/mol. The van der Waals surface area contributed by atoms with E-state index in [1.165, 1.54) is 31.2 Å². The van der Waals surface area contributed by atoms with Gasteiger partial charge in [0.1, 0.15) is 5.75 Å². The lowest BCUT2D eigenvalue weighted by molar-refractivity contribution is 0.180. The molecule has 2 rings (SSSR count). The summed E-state index contributed by atoms with van der Waals surface area (Å²) < 4.78 is 5.81. The van der Waals surface area contributed by atoms with Crippen molar-refractivity contribution >= 4 is 0 Å². The Kier molecular flexibility index (Phi) is 5.06. The fourth-order valence-corrected chi connectivity index (χ4v) is 2.20. The highest BCUT2D eigenvalue weighted by Crippen LogP contribution is 2.27. The van der Waals surface area contributed by atoms with Crippen molar-refractivity contribution in [2.45, 2.75) is 45.6 Å². The van der Waals surface area contributed by atoms with Crippen molar-refractivity contribution in [3.05, 3.63) is 29.8 Å². The summed E-state index contributed by atoms with van der Waals surface area (Å²) in [6.45, 7) is 6.36. The van der Waals surface area contributed by atoms with Crippen molar-refractivity contribution < 1.29 is 4.74 Å². The Bertz CT molecular complexity index is 343. The van der Waals surface area contributed by atoms with E-state index in [2.05, 4.69) is 43.4 Å². The average Bonchev–Trinajstić information content (AvgIpc) is 2.35. The van der Waals surface area contributed by atoms with Crippen LogP contribution in [0.2, 0.25) is 0 Å². The van der Waals surface area contributed by atoms with Crippen LogP contribution in [0.15, 0.2) is 24.3 Å². The van der Waals surface area contributed by atoms with Crippen LogP contribution in [0.1, 0.15) is 51.1 Å². The second kappa shape index (κ2) is 6.79. The van der Waals surface area contributed by atoms with Crippen LogP contribution in [0.5, 0.6) is 5.75 Å². The molecular formula is C16H25NO. The summed E-state index contributed by atoms with van der Waals surface area (Å²) in [5.74, 6) is 1.81. The summed E-state index contributed by atoms with van der Waals surface area (Å²) in [4.78, 5) is 0. The number of nitrogens with one attached hydrogen (secondary N) is 1. The van der Waals surface area contributed by atoms with Gasteiger partial charge in [-0.15, -0.1) is 0 Å². The summed E-state index contributed by atoms with van der Waals surface area (Å²) >= 11 is 0. The van der Waals surface area contributed by atoms with Crippen LogP contribution in [0.3, 0.4) is 0 Å². The first-order chi connectivity index (χ1) is 8.79. The van der Waals surface area contributed by atoms with Gasteiger partial charge in [0.15, 0.2) is 0 Å². The summed E-state index contributed by atoms with van der Waals surface area (Å²) in [7, 11) is 0. The zero-order chi connectivity index (χ0) is 12.8. The van der Waals surface area contributed by atoms with Gasteiger partial charge >= 0.3 is 0 Å². The maximum absolute atomic E-state index is 5.81. The summed E-state index contributed by atoms with van der Waals surface area (Å²) in [5.41, 5.74) is 1.33. The molecule has 0 spiro atoms. The summed E-state index contributed by atoms with van der Waals surface area (Å²) in [5, 5.41) is 3.50. The Balaban J connectivity index is 1.80. The molecule has 1 aliphatic rings. The lowest BCUT2D eigenvalue weighted by Crippen LogP contribution is -2.20. The predicted molar refractivity (Wildman–Crippen MR) is 76.0 cm³/mol. The van der Waals surface area contributed by atoms with E-state index < -0.39 is 0 Å². The van der Waals surface area contributed by atoms with Gasteiger partial charge in [-0.3, -0.25) is 0 Å². The molecule has 0 bridgehead atoms. The predicted octanol–water partition coefficient (Wildman–Crippen LogP) is 3.93. The molecule has 1 N–H and O–H groups in total. The first-order valence-corrected chi connectivity index (χ1v) is 7.25. The molecule has 2 heteroatoms. The van der Waals surface area contributed by atoms with Crippen molar-refractivity contribution in [2.75, 3.05) is 13.2 Å². The molecule has 0 aliphatic heterocycles. The topological polar surface area (TPSA) is 21.3 Å². The molecular weight excluding hydrogens is 222 g/mol. The van der Waals surface area contributed by atoms with E-state index in [9.17, 15) is 0 Å². The molecule has 0 aromatic heterocycles. The first kappa shape index (κ1) is 13.4. The molecule has 2 nitrogen and oxygen atoms in total. The molecule has 0 amide bonds. The minimum absolute atomic E-state index is 0.422. The normalized spacial score (nSPS) is 17.2. The molecule has 18 heavy (non-hydrogen) atoms. The Morgan fingerprint density at radius 2 is 2.00 bits per heavy atom. The van der Waals surface area contributed by atoms with Gasteiger partial charge in [0.25, 0.3) is 0 Å². The van der Waals surface area contributed by atoms with Gasteiger partial charge in [-0.1, -0.05) is 25.5 Å². The fourth-order valence-electron chi connectivity index (χ4n) is 2.20. The monoisotopic (exact) mass is 247 g/mol. The highest BCUT2D eigenvalue weighted by atomic mass is 16.5. The molecule has 1 unspecified atom stereocenters. The third-order valence-electron chi connectivity index (χ3n) is 3.79. The molecule has 0 heterocycles. The highest BCUT2D eigenvalue weighted by Gasteiger charge is 2.17. The molecule has 0 saturated heterocycles. The summed E-state index contributed by atoms with van der Waals surface area (Å²) in [6.07, 6.45) is 5.24. The van der Waals surface area contributed by atoms with Crippen LogP contribution < -0.4 is 10.1 Å². The van der Waals surface area contributed by atoms with Crippen LogP contribution in [-0.4, -0.2) is 13.2 Å². The standard InChI is InChI=1S/C16H25NO/c1-3-11-17-13(2)15-7-9-16(10-8-15)18-12-14-5-4-6-14/h7-10,13-14,17H,3-6,11-12H2,1-2H3. The van der Waals surface area contributed by atoms with Crippen LogP contribution in [0, 0.1) is 5.92 Å². The number of rotatable bonds is 7. The van der Waals surface area contributed by atoms with Gasteiger partial charge in [0.2, 0.25) is 0 Å². The first-order valence-electron chi connectivity index (χ1n) is 7.25. The van der Waals surface area contributed by atoms with E-state index in [4.69, 9.17) is 4.74 Å². The highest BCUT2D eigenvalue weighted by molar-refractivity contribution is 5.28. The minimum Gasteiger partial charge on any atom is -0.493 e. The van der Waals surface area contributed by atoms with Gasteiger partial charge < -0.3 is 10.1 Å². The van der Waals surface area contributed by atoms with E-state index >= 15 is 0 Å². The van der Waals surface area contributed by atoms with Crippen LogP contribution in [0.25, 0.3) is 0 Å². The number of ether oxygens (including phenoxy) is 1. The third-order valence-corrected chi connectivity index (χ3v) is 3.79. The quantitative estimate of drug-likeness (QED) is 0.788. The maximum Gasteiger partial charge on any atom is 0.119 e. The molecule has 0 radical (unpaired) electrons. The van der Waals surface area contributed by atoms with Crippen molar-refractivity contribution in [3.63, 3.8) is 0 Å². The molecule has 1 aromatic carbocycles. The van der Waals surface area contributed by atoms with Crippen molar-refractivity contribution in [2.24, 2.45) is 5.92 Å². The van der Waals surface area contributed by atoms with E-state index in [-0.39, 0.29) is 0 Å². The van der Waals surface area contributed by atoms with E-state index in [1.54, 1.807) is 0 Å². The van der Waals surface area contributed by atoms with E-state index in [0.717, 1.165) is 24.8 Å². The fraction of sp³-hybridized carbons (Fsp3) is 0.625. The number of hydrogen-bond donors (Lipinski definition) is 1. The van der Waals surface area contributed by atoms with Crippen LogP contribution in [-0.2, 0) is 0 Å². The third kappa shape index (κ3) is 3.74. The molecule has 1 atom stereocenters. The summed E-state index contributed by atoms with van der Waals surface area (Å²) in [6, 6.07) is 8.95. The van der Waals surface area contributed by atoms with E-state index in [1.807, 2.05) is 0 Å². The molecule has 1 aliphatic carbocycles. The van der Waals surface area contributed by atoms with E-state index in [0.29, 0.717) is 6.04 Å². The van der Waals surface area contributed by atoms with Gasteiger partial charge in [0, 0.05) is 6.04 Å². The lowest BCUT2D eigenvalue weighted by Gasteiger charge is -2.25. The van der Waals surface area contributed by atoms with Crippen molar-refractivity contribution in [1.82, 2.24) is 5.32 Å². The van der Waals surface area contributed by atoms with Gasteiger partial charge in [-0.25, -0.2) is 0 Å². The Morgan fingerprint density at radius 3 is 2.56 bits per heavy atom. The second-order valence-electron chi connectivity index (χ2n) is 5.35. The minimum atomic E-state index is 0.422. The van der Waals surface area contributed by atoms with Gasteiger partial charge in [-0.05, 0) is 56.3 Å². The van der Waals surface area contributed by atoms with Gasteiger partial charge in [-0.2, -0.15) is 0 Å². The van der Waals surface area contributed by atoms with Crippen LogP contribution >= 0.6 is 0 Å². The Morgan fingerprint density at radius 1 is 1.28 bits per heavy atom. The van der Waals surface area contributed by atoms with Gasteiger partial charge in [0.05, 0.1) is 6.61 Å². The lowest BCUT2D eigenvalue weighted by atomic mass is 9.86. The SMILES string of the molecule is CCCNC(C)c1ccc(OCC2CCC2)cc1. The molecule has 1 saturated carbocycles. The maximum atomic E-state index is 5.81. The zero-order valence-electron chi connectivity index (χ0n) is 11.6. The number of hydrogen-bond acceptors (Lipinski definition) is 2. The largest absolute Gasteiger partial charge is 0.493 e.